The fraction of sp³-hybridized carbons (Fsp3) is 0.143. The molecule has 3 heterocycles. The van der Waals surface area contributed by atoms with Crippen molar-refractivity contribution in [3.63, 3.8) is 0 Å². The molecule has 0 radical (unpaired) electrons. The summed E-state index contributed by atoms with van der Waals surface area (Å²) in [6.45, 7) is 2.41. The number of anilines is 2. The topological polar surface area (TPSA) is 84.2 Å². The Balaban J connectivity index is 1.77. The first kappa shape index (κ1) is 13.0. The van der Waals surface area contributed by atoms with Gasteiger partial charge in [-0.05, 0) is 31.2 Å². The zero-order valence-corrected chi connectivity index (χ0v) is 11.4. The van der Waals surface area contributed by atoms with Crippen LogP contribution < -0.4 is 10.6 Å². The summed E-state index contributed by atoms with van der Waals surface area (Å²) in [5.41, 5.74) is 1.27. The molecule has 0 aliphatic rings. The van der Waals surface area contributed by atoms with E-state index in [0.29, 0.717) is 18.2 Å². The van der Waals surface area contributed by atoms with Crippen LogP contribution in [0.4, 0.5) is 11.6 Å². The molecule has 3 rings (SSSR count). The van der Waals surface area contributed by atoms with Gasteiger partial charge >= 0.3 is 0 Å². The molecular formula is C14H14N6O. The Morgan fingerprint density at radius 2 is 2.10 bits per heavy atom. The molecule has 0 spiro atoms. The Labute approximate surface area is 121 Å². The lowest BCUT2D eigenvalue weighted by molar-refractivity contribution is 0.0950. The van der Waals surface area contributed by atoms with E-state index in [1.807, 2.05) is 37.4 Å². The highest BCUT2D eigenvalue weighted by Crippen LogP contribution is 2.14. The van der Waals surface area contributed by atoms with Gasteiger partial charge in [0.15, 0.2) is 17.3 Å². The second-order valence-corrected chi connectivity index (χ2v) is 4.39. The van der Waals surface area contributed by atoms with Crippen molar-refractivity contribution < 1.29 is 4.79 Å². The van der Waals surface area contributed by atoms with Gasteiger partial charge in [-0.2, -0.15) is 5.10 Å². The summed E-state index contributed by atoms with van der Waals surface area (Å²) >= 11 is 0. The highest BCUT2D eigenvalue weighted by atomic mass is 16.1. The molecule has 0 bridgehead atoms. The highest BCUT2D eigenvalue weighted by molar-refractivity contribution is 5.92. The van der Waals surface area contributed by atoms with Gasteiger partial charge in [-0.15, -0.1) is 10.2 Å². The molecule has 0 unspecified atom stereocenters. The standard InChI is InChI=1S/C14H14N6O/c1-2-15-14(21)11-6-7-12(18-17-11)16-13-9-10-5-3-4-8-20(10)19-13/h3-9H,2H2,1H3,(H,15,21)(H,16,18,19). The van der Waals surface area contributed by atoms with Crippen LogP contribution in [0.2, 0.25) is 0 Å². The molecule has 1 amide bonds. The van der Waals surface area contributed by atoms with Crippen LogP contribution in [0.5, 0.6) is 0 Å². The van der Waals surface area contributed by atoms with Crippen LogP contribution in [0, 0.1) is 0 Å². The number of rotatable bonds is 4. The normalized spacial score (nSPS) is 10.5. The quantitative estimate of drug-likeness (QED) is 0.759. The number of hydrogen-bond donors (Lipinski definition) is 2. The Bertz CT molecular complexity index is 731. The van der Waals surface area contributed by atoms with Crippen LogP contribution >= 0.6 is 0 Å². The van der Waals surface area contributed by atoms with Crippen LogP contribution in [0.15, 0.2) is 42.6 Å². The Morgan fingerprint density at radius 3 is 2.81 bits per heavy atom. The largest absolute Gasteiger partial charge is 0.351 e. The minimum atomic E-state index is -0.232. The van der Waals surface area contributed by atoms with E-state index in [2.05, 4.69) is 25.9 Å². The second-order valence-electron chi connectivity index (χ2n) is 4.39. The van der Waals surface area contributed by atoms with E-state index in [9.17, 15) is 4.79 Å². The zero-order valence-electron chi connectivity index (χ0n) is 11.4. The van der Waals surface area contributed by atoms with E-state index < -0.39 is 0 Å². The van der Waals surface area contributed by atoms with E-state index >= 15 is 0 Å². The number of amides is 1. The van der Waals surface area contributed by atoms with E-state index in [4.69, 9.17) is 0 Å². The van der Waals surface area contributed by atoms with E-state index in [1.165, 1.54) is 0 Å². The minimum absolute atomic E-state index is 0.232. The van der Waals surface area contributed by atoms with Crippen molar-refractivity contribution in [3.8, 4) is 0 Å². The number of carbonyl (C=O) groups is 1. The first-order chi connectivity index (χ1) is 10.3. The number of carbonyl (C=O) groups excluding carboxylic acids is 1. The maximum Gasteiger partial charge on any atom is 0.271 e. The van der Waals surface area contributed by atoms with Crippen molar-refractivity contribution in [2.75, 3.05) is 11.9 Å². The third kappa shape index (κ3) is 2.81. The lowest BCUT2D eigenvalue weighted by atomic mass is 10.3. The smallest absolute Gasteiger partial charge is 0.271 e. The Morgan fingerprint density at radius 1 is 1.19 bits per heavy atom. The molecule has 21 heavy (non-hydrogen) atoms. The summed E-state index contributed by atoms with van der Waals surface area (Å²) in [7, 11) is 0. The molecule has 106 valence electrons. The average molecular weight is 282 g/mol. The molecule has 0 aromatic carbocycles. The second kappa shape index (κ2) is 5.58. The van der Waals surface area contributed by atoms with Gasteiger partial charge in [0.05, 0.1) is 5.52 Å². The van der Waals surface area contributed by atoms with Gasteiger partial charge in [0, 0.05) is 18.8 Å². The summed E-state index contributed by atoms with van der Waals surface area (Å²) in [6, 6.07) is 11.0. The molecule has 3 aromatic rings. The fourth-order valence-corrected chi connectivity index (χ4v) is 1.90. The lowest BCUT2D eigenvalue weighted by Gasteiger charge is -2.02. The van der Waals surface area contributed by atoms with Crippen LogP contribution in [-0.2, 0) is 0 Å². The van der Waals surface area contributed by atoms with Crippen molar-refractivity contribution in [2.45, 2.75) is 6.92 Å². The SMILES string of the molecule is CCNC(=O)c1ccc(Nc2cc3ccccn3n2)nn1. The van der Waals surface area contributed by atoms with E-state index in [1.54, 1.807) is 16.6 Å². The third-order valence-corrected chi connectivity index (χ3v) is 2.86. The summed E-state index contributed by atoms with van der Waals surface area (Å²) in [6.07, 6.45) is 1.87. The van der Waals surface area contributed by atoms with Crippen molar-refractivity contribution >= 4 is 23.1 Å². The van der Waals surface area contributed by atoms with Crippen molar-refractivity contribution in [1.82, 2.24) is 25.1 Å². The van der Waals surface area contributed by atoms with Gasteiger partial charge < -0.3 is 10.6 Å². The monoisotopic (exact) mass is 282 g/mol. The van der Waals surface area contributed by atoms with Gasteiger partial charge in [-0.3, -0.25) is 4.79 Å². The van der Waals surface area contributed by atoms with Gasteiger partial charge in [-0.1, -0.05) is 6.07 Å². The predicted octanol–water partition coefficient (Wildman–Crippen LogP) is 1.62. The first-order valence-electron chi connectivity index (χ1n) is 6.59. The van der Waals surface area contributed by atoms with Crippen LogP contribution in [-0.4, -0.2) is 32.3 Å². The fourth-order valence-electron chi connectivity index (χ4n) is 1.90. The maximum atomic E-state index is 11.6. The van der Waals surface area contributed by atoms with Crippen molar-refractivity contribution in [1.29, 1.82) is 0 Å². The number of fused-ring (bicyclic) bond motifs is 1. The zero-order chi connectivity index (χ0) is 14.7. The predicted molar refractivity (Wildman–Crippen MR) is 78.5 cm³/mol. The van der Waals surface area contributed by atoms with Crippen LogP contribution in [0.25, 0.3) is 5.52 Å². The molecule has 7 heteroatoms. The van der Waals surface area contributed by atoms with Gasteiger partial charge in [-0.25, -0.2) is 4.52 Å². The molecule has 0 saturated heterocycles. The number of hydrogen-bond acceptors (Lipinski definition) is 5. The number of nitrogens with zero attached hydrogens (tertiary/aromatic N) is 4. The van der Waals surface area contributed by atoms with E-state index in [0.717, 1.165) is 5.52 Å². The van der Waals surface area contributed by atoms with Gasteiger partial charge in [0.2, 0.25) is 0 Å². The number of pyridine rings is 1. The lowest BCUT2D eigenvalue weighted by Crippen LogP contribution is -2.24. The molecule has 3 aromatic heterocycles. The Kier molecular flexibility index (Phi) is 3.46. The molecule has 0 aliphatic heterocycles. The molecule has 0 saturated carbocycles. The molecule has 0 aliphatic carbocycles. The summed E-state index contributed by atoms with van der Waals surface area (Å²) in [5.74, 6) is 0.969. The molecular weight excluding hydrogens is 268 g/mol. The van der Waals surface area contributed by atoms with Gasteiger partial charge in [0.25, 0.3) is 5.91 Å². The molecule has 7 nitrogen and oxygen atoms in total. The van der Waals surface area contributed by atoms with Crippen molar-refractivity contribution in [3.05, 3.63) is 48.3 Å². The van der Waals surface area contributed by atoms with Crippen molar-refractivity contribution in [2.24, 2.45) is 0 Å². The molecule has 0 fully saturated rings. The first-order valence-corrected chi connectivity index (χ1v) is 6.59. The third-order valence-electron chi connectivity index (χ3n) is 2.86. The highest BCUT2D eigenvalue weighted by Gasteiger charge is 2.07. The minimum Gasteiger partial charge on any atom is -0.351 e. The van der Waals surface area contributed by atoms with E-state index in [-0.39, 0.29) is 11.6 Å². The maximum absolute atomic E-state index is 11.6. The van der Waals surface area contributed by atoms with Gasteiger partial charge in [0.1, 0.15) is 0 Å². The summed E-state index contributed by atoms with van der Waals surface area (Å²) in [5, 5.41) is 17.9. The molecule has 2 N–H and O–H groups in total. The Hall–Kier alpha value is -2.96. The number of aromatic nitrogens is 4. The summed E-state index contributed by atoms with van der Waals surface area (Å²) in [4.78, 5) is 11.6. The van der Waals surface area contributed by atoms with Crippen LogP contribution in [0.3, 0.4) is 0 Å². The number of nitrogens with one attached hydrogen (secondary N) is 2. The summed E-state index contributed by atoms with van der Waals surface area (Å²) < 4.78 is 1.76. The molecule has 0 atom stereocenters. The van der Waals surface area contributed by atoms with Crippen LogP contribution in [0.1, 0.15) is 17.4 Å². The average Bonchev–Trinajstić information content (AvgIpc) is 2.90.